The maximum atomic E-state index is 13.6. The predicted octanol–water partition coefficient (Wildman–Crippen LogP) is 2.41. The molecule has 0 aromatic heterocycles. The van der Waals surface area contributed by atoms with Gasteiger partial charge < -0.3 is 14.8 Å². The Kier molecular flexibility index (Phi) is 7.83. The Balaban J connectivity index is 1.72. The summed E-state index contributed by atoms with van der Waals surface area (Å²) in [6.07, 6.45) is 0. The summed E-state index contributed by atoms with van der Waals surface area (Å²) >= 11 is 0. The highest BCUT2D eigenvalue weighted by atomic mass is 32.2. The van der Waals surface area contributed by atoms with E-state index in [1.54, 1.807) is 48.5 Å². The van der Waals surface area contributed by atoms with Crippen molar-refractivity contribution in [1.82, 2.24) is 8.61 Å². The van der Waals surface area contributed by atoms with Gasteiger partial charge in [-0.25, -0.2) is 16.8 Å². The van der Waals surface area contributed by atoms with Crippen LogP contribution in [0.5, 0.6) is 11.5 Å². The lowest BCUT2D eigenvalue weighted by Crippen LogP contribution is -2.60. The van der Waals surface area contributed by atoms with Crippen molar-refractivity contribution in [3.63, 3.8) is 0 Å². The van der Waals surface area contributed by atoms with E-state index < -0.39 is 32.0 Å². The molecular weight excluding hydrogens is 518 g/mol. The van der Waals surface area contributed by atoms with Crippen LogP contribution in [0.4, 0.5) is 5.69 Å². The molecule has 0 radical (unpaired) electrons. The number of anilines is 1. The summed E-state index contributed by atoms with van der Waals surface area (Å²) in [6.45, 7) is -0.701. The van der Waals surface area contributed by atoms with Crippen LogP contribution in [0.25, 0.3) is 0 Å². The molecule has 1 fully saturated rings. The van der Waals surface area contributed by atoms with Gasteiger partial charge in [-0.15, -0.1) is 0 Å². The zero-order valence-corrected chi connectivity index (χ0v) is 21.9. The summed E-state index contributed by atoms with van der Waals surface area (Å²) in [7, 11) is -5.19. The second-order valence-electron chi connectivity index (χ2n) is 8.18. The number of methoxy groups -OCH3 is 2. The molecule has 0 bridgehead atoms. The van der Waals surface area contributed by atoms with Crippen molar-refractivity contribution < 1.29 is 31.1 Å². The van der Waals surface area contributed by atoms with Gasteiger partial charge in [-0.1, -0.05) is 36.4 Å². The minimum atomic E-state index is -4.12. The number of carbonyl (C=O) groups is 1. The van der Waals surface area contributed by atoms with E-state index in [0.29, 0.717) is 11.5 Å². The third kappa shape index (κ3) is 5.47. The van der Waals surface area contributed by atoms with E-state index in [1.165, 1.54) is 44.6 Å². The van der Waals surface area contributed by atoms with Crippen LogP contribution in [0.1, 0.15) is 0 Å². The molecule has 1 aliphatic rings. The molecule has 10 nitrogen and oxygen atoms in total. The fraction of sp³-hybridized carbons (Fsp3) is 0.240. The number of piperazine rings is 1. The normalized spacial score (nSPS) is 17.2. The molecule has 4 rings (SSSR count). The van der Waals surface area contributed by atoms with Gasteiger partial charge in [0.25, 0.3) is 0 Å². The average molecular weight is 546 g/mol. The zero-order valence-electron chi connectivity index (χ0n) is 20.3. The van der Waals surface area contributed by atoms with E-state index in [2.05, 4.69) is 5.32 Å². The van der Waals surface area contributed by atoms with Gasteiger partial charge in [-0.2, -0.15) is 8.61 Å². The summed E-state index contributed by atoms with van der Waals surface area (Å²) in [6, 6.07) is 19.0. The maximum absolute atomic E-state index is 13.6. The number of ether oxygens (including phenoxy) is 2. The summed E-state index contributed by atoms with van der Waals surface area (Å²) in [5, 5.41) is 2.70. The van der Waals surface area contributed by atoms with Crippen molar-refractivity contribution in [2.24, 2.45) is 0 Å². The van der Waals surface area contributed by atoms with Crippen LogP contribution < -0.4 is 14.8 Å². The highest BCUT2D eigenvalue weighted by Gasteiger charge is 2.43. The quantitative estimate of drug-likeness (QED) is 0.461. The zero-order chi connectivity index (χ0) is 26.6. The summed E-state index contributed by atoms with van der Waals surface area (Å²) in [5.74, 6) is 0.0667. The first-order valence-corrected chi connectivity index (χ1v) is 14.2. The Bertz CT molecular complexity index is 1460. The number of nitrogens with zero attached hydrogens (tertiary/aromatic N) is 2. The molecule has 12 heteroatoms. The van der Waals surface area contributed by atoms with E-state index in [9.17, 15) is 21.6 Å². The van der Waals surface area contributed by atoms with Gasteiger partial charge in [0.15, 0.2) is 0 Å². The van der Waals surface area contributed by atoms with Crippen molar-refractivity contribution in [2.45, 2.75) is 15.8 Å². The number of sulfonamides is 2. The molecule has 196 valence electrons. The molecule has 37 heavy (non-hydrogen) atoms. The number of amides is 1. The maximum Gasteiger partial charge on any atom is 0.244 e. The number of carbonyl (C=O) groups excluding carboxylic acids is 1. The van der Waals surface area contributed by atoms with E-state index in [4.69, 9.17) is 9.47 Å². The fourth-order valence-corrected chi connectivity index (χ4v) is 7.11. The van der Waals surface area contributed by atoms with Crippen LogP contribution >= 0.6 is 0 Å². The molecule has 1 amide bonds. The largest absolute Gasteiger partial charge is 0.497 e. The van der Waals surface area contributed by atoms with Gasteiger partial charge in [-0.05, 0) is 36.4 Å². The lowest BCUT2D eigenvalue weighted by atomic mass is 10.2. The van der Waals surface area contributed by atoms with E-state index in [1.807, 2.05) is 0 Å². The molecule has 0 aliphatic carbocycles. The van der Waals surface area contributed by atoms with Crippen LogP contribution in [-0.2, 0) is 24.8 Å². The van der Waals surface area contributed by atoms with Crippen molar-refractivity contribution in [2.75, 3.05) is 39.2 Å². The second kappa shape index (κ2) is 10.9. The highest BCUT2D eigenvalue weighted by molar-refractivity contribution is 7.89. The molecule has 1 atom stereocenters. The average Bonchev–Trinajstić information content (AvgIpc) is 2.93. The summed E-state index contributed by atoms with van der Waals surface area (Å²) < 4.78 is 66.4. The SMILES string of the molecule is COc1ccc(OC)c(NC(=O)[C@H]2CN(S(=O)(=O)c3ccccc3)CCN2S(=O)(=O)c2ccccc2)c1. The molecule has 1 saturated heterocycles. The van der Waals surface area contributed by atoms with Crippen molar-refractivity contribution >= 4 is 31.6 Å². The van der Waals surface area contributed by atoms with Crippen molar-refractivity contribution in [3.05, 3.63) is 78.9 Å². The molecule has 1 N–H and O–H groups in total. The third-order valence-corrected chi connectivity index (χ3v) is 9.79. The molecule has 3 aromatic carbocycles. The van der Waals surface area contributed by atoms with Gasteiger partial charge in [0.1, 0.15) is 17.5 Å². The highest BCUT2D eigenvalue weighted by Crippen LogP contribution is 2.31. The minimum Gasteiger partial charge on any atom is -0.497 e. The molecule has 0 spiro atoms. The van der Waals surface area contributed by atoms with Crippen molar-refractivity contribution in [3.8, 4) is 11.5 Å². The minimum absolute atomic E-state index is 0.00567. The first-order chi connectivity index (χ1) is 17.7. The lowest BCUT2D eigenvalue weighted by Gasteiger charge is -2.39. The van der Waals surface area contributed by atoms with Crippen LogP contribution in [0.15, 0.2) is 88.7 Å². The second-order valence-corrected chi connectivity index (χ2v) is 12.0. The molecule has 3 aromatic rings. The van der Waals surface area contributed by atoms with E-state index in [0.717, 1.165) is 8.61 Å². The van der Waals surface area contributed by atoms with Gasteiger partial charge in [0.2, 0.25) is 26.0 Å². The number of rotatable bonds is 8. The van der Waals surface area contributed by atoms with Crippen molar-refractivity contribution in [1.29, 1.82) is 0 Å². The fourth-order valence-electron chi connectivity index (χ4n) is 4.06. The standard InChI is InChI=1S/C25H27N3O7S2/c1-34-19-13-14-24(35-2)22(17-19)26-25(29)23-18-27(36(30,31)20-9-5-3-6-10-20)15-16-28(23)37(32,33)21-11-7-4-8-12-21/h3-14,17,23H,15-16,18H2,1-2H3,(H,26,29)/t23-/m1/s1. The van der Waals surface area contributed by atoms with E-state index >= 15 is 0 Å². The first-order valence-electron chi connectivity index (χ1n) is 11.3. The third-order valence-electron chi connectivity index (χ3n) is 5.99. The topological polar surface area (TPSA) is 122 Å². The monoisotopic (exact) mass is 545 g/mol. The molecule has 0 unspecified atom stereocenters. The molecule has 1 aliphatic heterocycles. The Morgan fingerprint density at radius 3 is 1.97 bits per heavy atom. The van der Waals surface area contributed by atoms with Crippen LogP contribution in [0, 0.1) is 0 Å². The summed E-state index contributed by atoms with van der Waals surface area (Å²) in [4.78, 5) is 13.7. The number of hydrogen-bond acceptors (Lipinski definition) is 7. The number of nitrogens with one attached hydrogen (secondary N) is 1. The van der Waals surface area contributed by atoms with E-state index in [-0.39, 0.29) is 35.1 Å². The Hall–Kier alpha value is -3.45. The number of benzene rings is 3. The lowest BCUT2D eigenvalue weighted by molar-refractivity contribution is -0.120. The summed E-state index contributed by atoms with van der Waals surface area (Å²) in [5.41, 5.74) is 0.256. The Morgan fingerprint density at radius 1 is 0.811 bits per heavy atom. The van der Waals surface area contributed by atoms with Crippen LogP contribution in [-0.4, -0.2) is 71.2 Å². The van der Waals surface area contributed by atoms with Crippen LogP contribution in [0.3, 0.4) is 0 Å². The molecule has 1 heterocycles. The number of hydrogen-bond donors (Lipinski definition) is 1. The molecule has 0 saturated carbocycles. The smallest absolute Gasteiger partial charge is 0.244 e. The Morgan fingerprint density at radius 2 is 1.41 bits per heavy atom. The van der Waals surface area contributed by atoms with Gasteiger partial charge in [0, 0.05) is 25.7 Å². The van der Waals surface area contributed by atoms with Gasteiger partial charge in [0.05, 0.1) is 29.7 Å². The Labute approximate surface area is 216 Å². The van der Waals surface area contributed by atoms with Gasteiger partial charge >= 0.3 is 0 Å². The van der Waals surface area contributed by atoms with Gasteiger partial charge in [-0.3, -0.25) is 4.79 Å². The molecular formula is C25H27N3O7S2. The predicted molar refractivity (Wildman–Crippen MR) is 137 cm³/mol. The van der Waals surface area contributed by atoms with Crippen LogP contribution in [0.2, 0.25) is 0 Å². The first kappa shape index (κ1) is 26.6.